The van der Waals surface area contributed by atoms with Gasteiger partial charge in [-0.3, -0.25) is 0 Å². The number of aryl methyl sites for hydroxylation is 1. The molecule has 0 amide bonds. The van der Waals surface area contributed by atoms with Gasteiger partial charge in [-0.2, -0.15) is 0 Å². The Labute approximate surface area is 79.6 Å². The smallest absolute Gasteiger partial charge is 0.0585 e. The van der Waals surface area contributed by atoms with Gasteiger partial charge in [0, 0.05) is 0 Å². The van der Waals surface area contributed by atoms with Gasteiger partial charge in [0.1, 0.15) is 0 Å². The molecular weight excluding hydrogens is 168 g/mol. The first-order chi connectivity index (χ1) is 5.74. The van der Waals surface area contributed by atoms with Gasteiger partial charge in [0.25, 0.3) is 0 Å². The Balaban J connectivity index is 2.68. The SMILES string of the molecule is CCCC(Cl)c1ccc(C)cc1. The molecule has 0 aromatic heterocycles. The number of benzene rings is 1. The van der Waals surface area contributed by atoms with E-state index >= 15 is 0 Å². The Morgan fingerprint density at radius 3 is 2.33 bits per heavy atom. The molecule has 0 aliphatic rings. The van der Waals surface area contributed by atoms with Crippen LogP contribution in [-0.4, -0.2) is 0 Å². The predicted octanol–water partition coefficient (Wildman–Crippen LogP) is 4.08. The van der Waals surface area contributed by atoms with Gasteiger partial charge in [-0.1, -0.05) is 43.2 Å². The molecule has 0 bridgehead atoms. The van der Waals surface area contributed by atoms with Gasteiger partial charge in [0.2, 0.25) is 0 Å². The summed E-state index contributed by atoms with van der Waals surface area (Å²) < 4.78 is 0. The van der Waals surface area contributed by atoms with Crippen LogP contribution in [0.15, 0.2) is 24.3 Å². The minimum absolute atomic E-state index is 0.190. The van der Waals surface area contributed by atoms with E-state index < -0.39 is 0 Å². The standard InChI is InChI=1S/C11H15Cl/c1-3-4-11(12)10-7-5-9(2)6-8-10/h5-8,11H,3-4H2,1-2H3. The molecule has 1 unspecified atom stereocenters. The van der Waals surface area contributed by atoms with Crippen LogP contribution in [0.4, 0.5) is 0 Å². The summed E-state index contributed by atoms with van der Waals surface area (Å²) in [6.07, 6.45) is 2.20. The van der Waals surface area contributed by atoms with E-state index in [2.05, 4.69) is 38.1 Å². The molecule has 0 fully saturated rings. The first-order valence-corrected chi connectivity index (χ1v) is 4.88. The molecule has 1 heteroatoms. The Morgan fingerprint density at radius 2 is 1.83 bits per heavy atom. The highest BCUT2D eigenvalue weighted by atomic mass is 35.5. The highest BCUT2D eigenvalue weighted by Crippen LogP contribution is 2.25. The van der Waals surface area contributed by atoms with E-state index in [4.69, 9.17) is 11.6 Å². The van der Waals surface area contributed by atoms with Crippen LogP contribution in [0, 0.1) is 6.92 Å². The van der Waals surface area contributed by atoms with Crippen LogP contribution in [0.5, 0.6) is 0 Å². The number of halogens is 1. The average Bonchev–Trinajstić information content (AvgIpc) is 2.06. The molecule has 0 heterocycles. The fourth-order valence-corrected chi connectivity index (χ4v) is 1.56. The third-order valence-electron chi connectivity index (χ3n) is 1.98. The summed E-state index contributed by atoms with van der Waals surface area (Å²) in [4.78, 5) is 0. The maximum absolute atomic E-state index is 6.16. The Morgan fingerprint density at radius 1 is 1.25 bits per heavy atom. The first kappa shape index (κ1) is 9.60. The van der Waals surface area contributed by atoms with Gasteiger partial charge >= 0.3 is 0 Å². The second-order valence-electron chi connectivity index (χ2n) is 3.17. The predicted molar refractivity (Wildman–Crippen MR) is 54.7 cm³/mol. The number of alkyl halides is 1. The van der Waals surface area contributed by atoms with Crippen molar-refractivity contribution in [3.8, 4) is 0 Å². The third-order valence-corrected chi connectivity index (χ3v) is 2.45. The molecule has 0 saturated heterocycles. The Kier molecular flexibility index (Phi) is 3.61. The average molecular weight is 183 g/mol. The van der Waals surface area contributed by atoms with Crippen molar-refractivity contribution in [2.45, 2.75) is 32.1 Å². The maximum Gasteiger partial charge on any atom is 0.0585 e. The van der Waals surface area contributed by atoms with Crippen molar-refractivity contribution in [3.63, 3.8) is 0 Å². The quantitative estimate of drug-likeness (QED) is 0.619. The van der Waals surface area contributed by atoms with E-state index in [-0.39, 0.29) is 5.38 Å². The van der Waals surface area contributed by atoms with Crippen LogP contribution in [0.3, 0.4) is 0 Å². The van der Waals surface area contributed by atoms with Gasteiger partial charge in [-0.25, -0.2) is 0 Å². The summed E-state index contributed by atoms with van der Waals surface area (Å²) in [5, 5.41) is 0.190. The van der Waals surface area contributed by atoms with Crippen LogP contribution >= 0.6 is 11.6 Å². The highest BCUT2D eigenvalue weighted by molar-refractivity contribution is 6.20. The third kappa shape index (κ3) is 2.53. The summed E-state index contributed by atoms with van der Waals surface area (Å²) in [5.41, 5.74) is 2.53. The van der Waals surface area contributed by atoms with Gasteiger partial charge in [-0.05, 0) is 18.9 Å². The second-order valence-corrected chi connectivity index (χ2v) is 3.69. The molecule has 0 nitrogen and oxygen atoms in total. The monoisotopic (exact) mass is 182 g/mol. The molecule has 0 aliphatic heterocycles. The molecule has 0 aliphatic carbocycles. The minimum Gasteiger partial charge on any atom is -0.118 e. The van der Waals surface area contributed by atoms with Crippen molar-refractivity contribution >= 4 is 11.6 Å². The van der Waals surface area contributed by atoms with Crippen LogP contribution in [-0.2, 0) is 0 Å². The summed E-state index contributed by atoms with van der Waals surface area (Å²) in [6, 6.07) is 8.45. The van der Waals surface area contributed by atoms with E-state index in [9.17, 15) is 0 Å². The molecule has 0 spiro atoms. The van der Waals surface area contributed by atoms with Crippen molar-refractivity contribution in [1.82, 2.24) is 0 Å². The van der Waals surface area contributed by atoms with E-state index in [1.54, 1.807) is 0 Å². The molecule has 1 aromatic rings. The minimum atomic E-state index is 0.190. The number of hydrogen-bond donors (Lipinski definition) is 0. The summed E-state index contributed by atoms with van der Waals surface area (Å²) in [7, 11) is 0. The zero-order valence-electron chi connectivity index (χ0n) is 7.68. The number of rotatable bonds is 3. The molecule has 0 radical (unpaired) electrons. The van der Waals surface area contributed by atoms with Crippen molar-refractivity contribution < 1.29 is 0 Å². The van der Waals surface area contributed by atoms with Gasteiger partial charge < -0.3 is 0 Å². The van der Waals surface area contributed by atoms with Crippen LogP contribution in [0.1, 0.15) is 36.3 Å². The van der Waals surface area contributed by atoms with E-state index in [1.807, 2.05) is 0 Å². The molecule has 1 atom stereocenters. The fraction of sp³-hybridized carbons (Fsp3) is 0.455. The van der Waals surface area contributed by atoms with Gasteiger partial charge in [0.05, 0.1) is 5.38 Å². The lowest BCUT2D eigenvalue weighted by Gasteiger charge is -2.07. The van der Waals surface area contributed by atoms with E-state index in [0.29, 0.717) is 0 Å². The summed E-state index contributed by atoms with van der Waals surface area (Å²) in [5.74, 6) is 0. The van der Waals surface area contributed by atoms with Crippen LogP contribution in [0.25, 0.3) is 0 Å². The van der Waals surface area contributed by atoms with Crippen molar-refractivity contribution in [3.05, 3.63) is 35.4 Å². The molecule has 0 saturated carbocycles. The molecule has 12 heavy (non-hydrogen) atoms. The topological polar surface area (TPSA) is 0 Å². The zero-order valence-corrected chi connectivity index (χ0v) is 8.43. The van der Waals surface area contributed by atoms with Crippen molar-refractivity contribution in [2.75, 3.05) is 0 Å². The fourth-order valence-electron chi connectivity index (χ4n) is 1.20. The van der Waals surface area contributed by atoms with Gasteiger partial charge in [0.15, 0.2) is 0 Å². The molecule has 1 aromatic carbocycles. The van der Waals surface area contributed by atoms with Crippen LogP contribution < -0.4 is 0 Å². The summed E-state index contributed by atoms with van der Waals surface area (Å²) in [6.45, 7) is 4.25. The molecule has 0 N–H and O–H groups in total. The normalized spacial score (nSPS) is 12.9. The highest BCUT2D eigenvalue weighted by Gasteiger charge is 2.04. The van der Waals surface area contributed by atoms with Crippen LogP contribution in [0.2, 0.25) is 0 Å². The lowest BCUT2D eigenvalue weighted by atomic mass is 10.1. The van der Waals surface area contributed by atoms with E-state index in [1.165, 1.54) is 11.1 Å². The largest absolute Gasteiger partial charge is 0.118 e. The lowest BCUT2D eigenvalue weighted by molar-refractivity contribution is 0.770. The van der Waals surface area contributed by atoms with Crippen molar-refractivity contribution in [2.24, 2.45) is 0 Å². The lowest BCUT2D eigenvalue weighted by Crippen LogP contribution is -1.89. The zero-order chi connectivity index (χ0) is 8.97. The molecule has 66 valence electrons. The van der Waals surface area contributed by atoms with Gasteiger partial charge in [-0.15, -0.1) is 11.6 Å². The number of hydrogen-bond acceptors (Lipinski definition) is 0. The molecule has 1 rings (SSSR count). The first-order valence-electron chi connectivity index (χ1n) is 4.44. The molecular formula is C11H15Cl. The second kappa shape index (κ2) is 4.51. The Bertz CT molecular complexity index is 225. The Hall–Kier alpha value is -0.490. The van der Waals surface area contributed by atoms with E-state index in [0.717, 1.165) is 12.8 Å². The van der Waals surface area contributed by atoms with Crippen molar-refractivity contribution in [1.29, 1.82) is 0 Å². The summed E-state index contributed by atoms with van der Waals surface area (Å²) >= 11 is 6.16. The maximum atomic E-state index is 6.16.